The second-order valence-corrected chi connectivity index (χ2v) is 8.41. The molecule has 1 atom stereocenters. The monoisotopic (exact) mass is 482 g/mol. The average Bonchev–Trinajstić information content (AvgIpc) is 2.84. The van der Waals surface area contributed by atoms with Crippen molar-refractivity contribution < 1.29 is 27.8 Å². The summed E-state index contributed by atoms with van der Waals surface area (Å²) in [5.74, 6) is -2.03. The third-order valence-corrected chi connectivity index (χ3v) is 5.19. The van der Waals surface area contributed by atoms with E-state index in [-0.39, 0.29) is 29.5 Å². The van der Waals surface area contributed by atoms with E-state index in [1.54, 1.807) is 0 Å². The Labute approximate surface area is 203 Å². The van der Waals surface area contributed by atoms with Crippen LogP contribution in [0.2, 0.25) is 0 Å². The van der Waals surface area contributed by atoms with Crippen molar-refractivity contribution in [3.05, 3.63) is 89.5 Å². The fourth-order valence-corrected chi connectivity index (χ4v) is 3.42. The van der Waals surface area contributed by atoms with E-state index in [0.717, 1.165) is 11.6 Å². The van der Waals surface area contributed by atoms with E-state index in [0.29, 0.717) is 12.2 Å². The average molecular weight is 483 g/mol. The molecule has 0 bridgehead atoms. The number of halogens is 2. The van der Waals surface area contributed by atoms with Crippen molar-refractivity contribution in [3.63, 3.8) is 0 Å². The molecule has 0 fully saturated rings. The summed E-state index contributed by atoms with van der Waals surface area (Å²) in [5, 5.41) is 5.31. The Morgan fingerprint density at radius 2 is 1.71 bits per heavy atom. The standard InChI is InChI=1S/C27H28F2N2O4/c1-17(2)13-24(31-26(32)21-15-20(34-3)10-11-22(21)29)27(33)30-23-12-9-19(28)14-25(23)35-16-18-7-5-4-6-8-18/h4-12,14-15,17,24H,13,16H2,1-3H3,(H,30,33)(H,31,32)/t24-/m0/s1. The minimum Gasteiger partial charge on any atom is -0.497 e. The number of ether oxygens (including phenoxy) is 2. The van der Waals surface area contributed by atoms with Crippen LogP contribution in [0.4, 0.5) is 14.5 Å². The maximum absolute atomic E-state index is 14.3. The molecule has 3 aromatic carbocycles. The number of methoxy groups -OCH3 is 1. The van der Waals surface area contributed by atoms with Crippen molar-refractivity contribution >= 4 is 17.5 Å². The van der Waals surface area contributed by atoms with E-state index >= 15 is 0 Å². The van der Waals surface area contributed by atoms with Crippen LogP contribution in [0.5, 0.6) is 11.5 Å². The first kappa shape index (κ1) is 25.7. The molecule has 2 N–H and O–H groups in total. The predicted molar refractivity (Wildman–Crippen MR) is 129 cm³/mol. The largest absolute Gasteiger partial charge is 0.497 e. The van der Waals surface area contributed by atoms with Gasteiger partial charge in [0.2, 0.25) is 5.91 Å². The number of carbonyl (C=O) groups excluding carboxylic acids is 2. The number of carbonyl (C=O) groups is 2. The summed E-state index contributed by atoms with van der Waals surface area (Å²) < 4.78 is 39.0. The van der Waals surface area contributed by atoms with Gasteiger partial charge in [-0.3, -0.25) is 9.59 Å². The lowest BCUT2D eigenvalue weighted by molar-refractivity contribution is -0.118. The lowest BCUT2D eigenvalue weighted by atomic mass is 10.0. The Morgan fingerprint density at radius 3 is 2.40 bits per heavy atom. The first-order chi connectivity index (χ1) is 16.8. The molecule has 3 rings (SSSR count). The summed E-state index contributed by atoms with van der Waals surface area (Å²) in [6.45, 7) is 3.96. The molecule has 2 amide bonds. The zero-order valence-corrected chi connectivity index (χ0v) is 19.8. The predicted octanol–water partition coefficient (Wildman–Crippen LogP) is 5.34. The Bertz CT molecular complexity index is 1170. The molecule has 0 aromatic heterocycles. The van der Waals surface area contributed by atoms with Gasteiger partial charge in [0.15, 0.2) is 0 Å². The van der Waals surface area contributed by atoms with Gasteiger partial charge in [-0.15, -0.1) is 0 Å². The molecule has 0 spiro atoms. The van der Waals surface area contributed by atoms with Gasteiger partial charge in [0.1, 0.15) is 35.8 Å². The third-order valence-electron chi connectivity index (χ3n) is 5.19. The van der Waals surface area contributed by atoms with E-state index in [1.807, 2.05) is 44.2 Å². The highest BCUT2D eigenvalue weighted by molar-refractivity contribution is 6.02. The molecule has 0 radical (unpaired) electrons. The highest BCUT2D eigenvalue weighted by Gasteiger charge is 2.25. The lowest BCUT2D eigenvalue weighted by Crippen LogP contribution is -2.44. The van der Waals surface area contributed by atoms with Gasteiger partial charge < -0.3 is 20.1 Å². The van der Waals surface area contributed by atoms with Crippen LogP contribution in [-0.2, 0) is 11.4 Å². The van der Waals surface area contributed by atoms with Crippen LogP contribution in [0.1, 0.15) is 36.2 Å². The number of amides is 2. The highest BCUT2D eigenvalue weighted by atomic mass is 19.1. The number of hydrogen-bond donors (Lipinski definition) is 2. The molecule has 0 unspecified atom stereocenters. The molecule has 0 aliphatic carbocycles. The fraction of sp³-hybridized carbons (Fsp3) is 0.259. The summed E-state index contributed by atoms with van der Waals surface area (Å²) >= 11 is 0. The van der Waals surface area contributed by atoms with Crippen molar-refractivity contribution in [2.24, 2.45) is 5.92 Å². The number of anilines is 1. The van der Waals surface area contributed by atoms with E-state index in [9.17, 15) is 18.4 Å². The zero-order chi connectivity index (χ0) is 25.4. The maximum atomic E-state index is 14.3. The van der Waals surface area contributed by atoms with Crippen LogP contribution in [0.25, 0.3) is 0 Å². The van der Waals surface area contributed by atoms with Crippen molar-refractivity contribution in [1.82, 2.24) is 5.32 Å². The molecule has 8 heteroatoms. The van der Waals surface area contributed by atoms with Crippen LogP contribution in [0, 0.1) is 17.6 Å². The van der Waals surface area contributed by atoms with Gasteiger partial charge in [-0.25, -0.2) is 8.78 Å². The second kappa shape index (κ2) is 12.0. The topological polar surface area (TPSA) is 76.7 Å². The Morgan fingerprint density at radius 1 is 0.971 bits per heavy atom. The van der Waals surface area contributed by atoms with Gasteiger partial charge in [-0.2, -0.15) is 0 Å². The van der Waals surface area contributed by atoms with E-state index < -0.39 is 29.5 Å². The van der Waals surface area contributed by atoms with E-state index in [1.165, 1.54) is 37.4 Å². The molecule has 184 valence electrons. The van der Waals surface area contributed by atoms with Crippen LogP contribution in [0.15, 0.2) is 66.7 Å². The quantitative estimate of drug-likeness (QED) is 0.409. The molecule has 3 aromatic rings. The molecule has 0 heterocycles. The van der Waals surface area contributed by atoms with Crippen molar-refractivity contribution in [2.75, 3.05) is 12.4 Å². The zero-order valence-electron chi connectivity index (χ0n) is 19.8. The first-order valence-electron chi connectivity index (χ1n) is 11.2. The van der Waals surface area contributed by atoms with Crippen LogP contribution < -0.4 is 20.1 Å². The molecule has 0 aliphatic rings. The molecule has 6 nitrogen and oxygen atoms in total. The molecular weight excluding hydrogens is 454 g/mol. The Kier molecular flexibility index (Phi) is 8.78. The van der Waals surface area contributed by atoms with Crippen molar-refractivity contribution in [1.29, 1.82) is 0 Å². The van der Waals surface area contributed by atoms with Crippen LogP contribution >= 0.6 is 0 Å². The summed E-state index contributed by atoms with van der Waals surface area (Å²) in [7, 11) is 1.41. The lowest BCUT2D eigenvalue weighted by Gasteiger charge is -2.21. The SMILES string of the molecule is COc1ccc(F)c(C(=O)N[C@@H](CC(C)C)C(=O)Nc2ccc(F)cc2OCc2ccccc2)c1. The number of hydrogen-bond acceptors (Lipinski definition) is 4. The minimum absolute atomic E-state index is 0.0447. The van der Waals surface area contributed by atoms with Crippen LogP contribution in [0.3, 0.4) is 0 Å². The highest BCUT2D eigenvalue weighted by Crippen LogP contribution is 2.27. The number of rotatable bonds is 10. The summed E-state index contributed by atoms with van der Waals surface area (Å²) in [5.41, 5.74) is 0.891. The first-order valence-corrected chi connectivity index (χ1v) is 11.2. The number of benzene rings is 3. The smallest absolute Gasteiger partial charge is 0.255 e. The summed E-state index contributed by atoms with van der Waals surface area (Å²) in [4.78, 5) is 25.9. The van der Waals surface area contributed by atoms with Gasteiger partial charge in [-0.05, 0) is 48.2 Å². The van der Waals surface area contributed by atoms with E-state index in [2.05, 4.69) is 10.6 Å². The molecule has 0 aliphatic heterocycles. The van der Waals surface area contributed by atoms with Gasteiger partial charge in [0, 0.05) is 6.07 Å². The van der Waals surface area contributed by atoms with Gasteiger partial charge in [0.25, 0.3) is 5.91 Å². The molecule has 35 heavy (non-hydrogen) atoms. The minimum atomic E-state index is -0.972. The fourth-order valence-electron chi connectivity index (χ4n) is 3.42. The molecule has 0 saturated carbocycles. The van der Waals surface area contributed by atoms with Gasteiger partial charge in [-0.1, -0.05) is 44.2 Å². The normalized spacial score (nSPS) is 11.6. The number of nitrogens with one attached hydrogen (secondary N) is 2. The van der Waals surface area contributed by atoms with Crippen molar-refractivity contribution in [2.45, 2.75) is 32.9 Å². The Hall–Kier alpha value is -3.94. The maximum Gasteiger partial charge on any atom is 0.255 e. The third kappa shape index (κ3) is 7.27. The van der Waals surface area contributed by atoms with Gasteiger partial charge >= 0.3 is 0 Å². The van der Waals surface area contributed by atoms with Gasteiger partial charge in [0.05, 0.1) is 18.4 Å². The molecule has 0 saturated heterocycles. The Balaban J connectivity index is 1.78. The van der Waals surface area contributed by atoms with Crippen molar-refractivity contribution in [3.8, 4) is 11.5 Å². The van der Waals surface area contributed by atoms with Crippen LogP contribution in [-0.4, -0.2) is 25.0 Å². The second-order valence-electron chi connectivity index (χ2n) is 8.41. The summed E-state index contributed by atoms with van der Waals surface area (Å²) in [6.07, 6.45) is 0.296. The van der Waals surface area contributed by atoms with E-state index in [4.69, 9.17) is 9.47 Å². The summed E-state index contributed by atoms with van der Waals surface area (Å²) in [6, 6.07) is 15.9. The molecular formula is C27H28F2N2O4.